The molecule has 1 fully saturated rings. The van der Waals surface area contributed by atoms with E-state index in [0.29, 0.717) is 27.8 Å². The molecule has 26 heavy (non-hydrogen) atoms. The van der Waals surface area contributed by atoms with Gasteiger partial charge in [0, 0.05) is 16.6 Å². The monoisotopic (exact) mass is 393 g/mol. The smallest absolute Gasteiger partial charge is 0.230 e. The molecular weight excluding hydrogens is 370 g/mol. The molecule has 1 heterocycles. The molecule has 1 aromatic carbocycles. The lowest BCUT2D eigenvalue weighted by Crippen LogP contribution is -2.44. The number of halogens is 1. The molecule has 3 atom stereocenters. The molecule has 3 rings (SSSR count). The number of thioether (sulfide) groups is 1. The van der Waals surface area contributed by atoms with Crippen LogP contribution in [-0.4, -0.2) is 32.6 Å². The highest BCUT2D eigenvalue weighted by atomic mass is 35.5. The second kappa shape index (κ2) is 8.31. The summed E-state index contributed by atoms with van der Waals surface area (Å²) in [6.07, 6.45) is 3.47. The molecule has 0 saturated heterocycles. The molecule has 1 aliphatic rings. The van der Waals surface area contributed by atoms with Crippen molar-refractivity contribution in [1.29, 1.82) is 0 Å². The first-order valence-corrected chi connectivity index (χ1v) is 10.2. The molecule has 8 heteroatoms. The summed E-state index contributed by atoms with van der Waals surface area (Å²) >= 11 is 7.20. The molecule has 1 saturated carbocycles. The summed E-state index contributed by atoms with van der Waals surface area (Å²) in [6.45, 7) is 4.48. The Labute approximate surface area is 162 Å². The maximum atomic E-state index is 12.3. The minimum absolute atomic E-state index is 0.0111. The van der Waals surface area contributed by atoms with Crippen molar-refractivity contribution in [3.63, 3.8) is 0 Å². The number of nitrogen functional groups attached to an aromatic ring is 1. The van der Waals surface area contributed by atoms with Crippen molar-refractivity contribution < 1.29 is 4.79 Å². The number of nitrogens with zero attached hydrogens (tertiary/aromatic N) is 3. The van der Waals surface area contributed by atoms with E-state index in [4.69, 9.17) is 17.4 Å². The Hall–Kier alpha value is -1.73. The van der Waals surface area contributed by atoms with Crippen LogP contribution in [0, 0.1) is 11.8 Å². The molecule has 1 aliphatic carbocycles. The largest absolute Gasteiger partial charge is 0.352 e. The molecule has 0 spiro atoms. The Balaban J connectivity index is 1.58. The molecule has 1 amide bonds. The van der Waals surface area contributed by atoms with Gasteiger partial charge in [-0.15, -0.1) is 10.2 Å². The van der Waals surface area contributed by atoms with Gasteiger partial charge in [-0.3, -0.25) is 4.79 Å². The molecule has 3 unspecified atom stereocenters. The maximum absolute atomic E-state index is 12.3. The van der Waals surface area contributed by atoms with E-state index in [1.54, 1.807) is 12.1 Å². The summed E-state index contributed by atoms with van der Waals surface area (Å²) in [4.78, 5) is 12.3. The van der Waals surface area contributed by atoms with E-state index in [9.17, 15) is 4.79 Å². The van der Waals surface area contributed by atoms with Gasteiger partial charge in [0.2, 0.25) is 11.1 Å². The average molecular weight is 394 g/mol. The van der Waals surface area contributed by atoms with E-state index in [-0.39, 0.29) is 17.7 Å². The molecule has 0 radical (unpaired) electrons. The number of amides is 1. The highest BCUT2D eigenvalue weighted by molar-refractivity contribution is 7.99. The molecule has 6 nitrogen and oxygen atoms in total. The molecule has 0 aliphatic heterocycles. The second-order valence-electron chi connectivity index (χ2n) is 6.91. The summed E-state index contributed by atoms with van der Waals surface area (Å²) in [5.41, 5.74) is 0.825. The third kappa shape index (κ3) is 4.32. The predicted octanol–water partition coefficient (Wildman–Crippen LogP) is 3.35. The number of rotatable bonds is 5. The van der Waals surface area contributed by atoms with Crippen LogP contribution in [0.4, 0.5) is 0 Å². The summed E-state index contributed by atoms with van der Waals surface area (Å²) in [6, 6.07) is 7.48. The van der Waals surface area contributed by atoms with Crippen molar-refractivity contribution in [3.05, 3.63) is 29.3 Å². The summed E-state index contributed by atoms with van der Waals surface area (Å²) in [7, 11) is 0. The summed E-state index contributed by atoms with van der Waals surface area (Å²) < 4.78 is 1.41. The zero-order chi connectivity index (χ0) is 18.7. The molecule has 1 aromatic heterocycles. The van der Waals surface area contributed by atoms with Gasteiger partial charge >= 0.3 is 0 Å². The van der Waals surface area contributed by atoms with Gasteiger partial charge < -0.3 is 11.2 Å². The fraction of sp³-hybridized carbons (Fsp3) is 0.500. The fourth-order valence-corrected chi connectivity index (χ4v) is 4.13. The topological polar surface area (TPSA) is 85.8 Å². The van der Waals surface area contributed by atoms with Crippen LogP contribution in [0.5, 0.6) is 0 Å². The Morgan fingerprint density at radius 3 is 2.77 bits per heavy atom. The van der Waals surface area contributed by atoms with Gasteiger partial charge in [-0.2, -0.15) is 0 Å². The number of aromatic nitrogens is 3. The predicted molar refractivity (Wildman–Crippen MR) is 105 cm³/mol. The van der Waals surface area contributed by atoms with Crippen molar-refractivity contribution in [1.82, 2.24) is 20.2 Å². The number of benzene rings is 1. The van der Waals surface area contributed by atoms with Crippen LogP contribution in [0.25, 0.3) is 11.4 Å². The van der Waals surface area contributed by atoms with Crippen molar-refractivity contribution >= 4 is 29.3 Å². The van der Waals surface area contributed by atoms with Gasteiger partial charge in [0.05, 0.1) is 5.75 Å². The standard InChI is InChI=1S/C18H24ClN5OS/c1-11-4-3-5-15(12(11)2)21-16(25)10-26-18-23-22-17(24(18)20)13-6-8-14(19)9-7-13/h6-9,11-12,15H,3-5,10,20H2,1-2H3,(H,21,25). The van der Waals surface area contributed by atoms with Gasteiger partial charge in [0.1, 0.15) is 0 Å². The zero-order valence-electron chi connectivity index (χ0n) is 15.0. The van der Waals surface area contributed by atoms with Gasteiger partial charge in [0.15, 0.2) is 5.82 Å². The van der Waals surface area contributed by atoms with Crippen LogP contribution in [0.2, 0.25) is 5.02 Å². The first kappa shape index (κ1) is 19.0. The first-order chi connectivity index (χ1) is 12.5. The second-order valence-corrected chi connectivity index (χ2v) is 8.29. The van der Waals surface area contributed by atoms with Crippen molar-refractivity contribution in [2.24, 2.45) is 11.8 Å². The van der Waals surface area contributed by atoms with E-state index in [0.717, 1.165) is 12.0 Å². The van der Waals surface area contributed by atoms with Crippen molar-refractivity contribution in [2.75, 3.05) is 11.6 Å². The van der Waals surface area contributed by atoms with Crippen molar-refractivity contribution in [2.45, 2.75) is 44.3 Å². The number of hydrogen-bond donors (Lipinski definition) is 2. The van der Waals surface area contributed by atoms with Crippen LogP contribution in [0.15, 0.2) is 29.4 Å². The fourth-order valence-electron chi connectivity index (χ4n) is 3.34. The van der Waals surface area contributed by atoms with Crippen LogP contribution < -0.4 is 11.2 Å². The van der Waals surface area contributed by atoms with E-state index in [2.05, 4.69) is 29.4 Å². The van der Waals surface area contributed by atoms with Crippen LogP contribution >= 0.6 is 23.4 Å². The normalized spacial score (nSPS) is 23.0. The molecule has 0 bridgehead atoms. The van der Waals surface area contributed by atoms with Crippen LogP contribution in [0.3, 0.4) is 0 Å². The number of nitrogens with one attached hydrogen (secondary N) is 1. The lowest BCUT2D eigenvalue weighted by atomic mass is 9.78. The lowest BCUT2D eigenvalue weighted by Gasteiger charge is -2.34. The quantitative estimate of drug-likeness (QED) is 0.601. The van der Waals surface area contributed by atoms with Crippen LogP contribution in [0.1, 0.15) is 33.1 Å². The highest BCUT2D eigenvalue weighted by Crippen LogP contribution is 2.29. The van der Waals surface area contributed by atoms with Gasteiger partial charge in [-0.25, -0.2) is 4.68 Å². The number of carbonyl (C=O) groups excluding carboxylic acids is 1. The number of carbonyl (C=O) groups is 1. The maximum Gasteiger partial charge on any atom is 0.230 e. The third-order valence-electron chi connectivity index (χ3n) is 5.15. The minimum Gasteiger partial charge on any atom is -0.352 e. The Morgan fingerprint density at radius 1 is 1.31 bits per heavy atom. The van der Waals surface area contributed by atoms with Crippen LogP contribution in [-0.2, 0) is 4.79 Å². The van der Waals surface area contributed by atoms with E-state index in [1.807, 2.05) is 12.1 Å². The molecule has 2 aromatic rings. The molecule has 3 N–H and O–H groups in total. The average Bonchev–Trinajstić information content (AvgIpc) is 2.99. The van der Waals surface area contributed by atoms with Gasteiger partial charge in [-0.1, -0.05) is 50.1 Å². The van der Waals surface area contributed by atoms with E-state index < -0.39 is 0 Å². The van der Waals surface area contributed by atoms with E-state index in [1.165, 1.54) is 29.3 Å². The Kier molecular flexibility index (Phi) is 6.09. The number of hydrogen-bond acceptors (Lipinski definition) is 5. The summed E-state index contributed by atoms with van der Waals surface area (Å²) in [5.74, 6) is 8.07. The third-order valence-corrected chi connectivity index (χ3v) is 6.35. The minimum atomic E-state index is 0.0111. The van der Waals surface area contributed by atoms with Gasteiger partial charge in [0.25, 0.3) is 0 Å². The highest BCUT2D eigenvalue weighted by Gasteiger charge is 2.28. The Morgan fingerprint density at radius 2 is 2.04 bits per heavy atom. The lowest BCUT2D eigenvalue weighted by molar-refractivity contribution is -0.120. The van der Waals surface area contributed by atoms with E-state index >= 15 is 0 Å². The van der Waals surface area contributed by atoms with Crippen molar-refractivity contribution in [3.8, 4) is 11.4 Å². The van der Waals surface area contributed by atoms with Gasteiger partial charge in [-0.05, 0) is 42.5 Å². The SMILES string of the molecule is CC1CCCC(NC(=O)CSc2nnc(-c3ccc(Cl)cc3)n2N)C1C. The Bertz CT molecular complexity index is 763. The zero-order valence-corrected chi connectivity index (χ0v) is 16.6. The summed E-state index contributed by atoms with van der Waals surface area (Å²) in [5, 5.41) is 12.5. The number of nitrogens with two attached hydrogens (primary N) is 1. The first-order valence-electron chi connectivity index (χ1n) is 8.84. The molecular formula is C18H24ClN5OS. The molecule has 140 valence electrons.